The summed E-state index contributed by atoms with van der Waals surface area (Å²) in [7, 11) is 0. The molecule has 0 aliphatic heterocycles. The van der Waals surface area contributed by atoms with Gasteiger partial charge >= 0.3 is 5.97 Å². The molecule has 112 valence electrons. The molecule has 2 aromatic rings. The van der Waals surface area contributed by atoms with Gasteiger partial charge in [-0.2, -0.15) is 0 Å². The monoisotopic (exact) mass is 307 g/mol. The molecule has 0 aliphatic rings. The fourth-order valence-electron chi connectivity index (χ4n) is 1.93. The van der Waals surface area contributed by atoms with Crippen molar-refractivity contribution in [1.29, 1.82) is 0 Å². The topological polar surface area (TPSA) is 68.5 Å². The molecule has 1 atom stereocenters. The van der Waals surface area contributed by atoms with Gasteiger partial charge in [0.05, 0.1) is 17.9 Å². The van der Waals surface area contributed by atoms with Crippen LogP contribution in [0.2, 0.25) is 0 Å². The van der Waals surface area contributed by atoms with Crippen LogP contribution in [-0.2, 0) is 9.53 Å². The van der Waals surface area contributed by atoms with Gasteiger partial charge < -0.3 is 14.5 Å². The quantitative estimate of drug-likeness (QED) is 0.862. The molecule has 21 heavy (non-hydrogen) atoms. The molecule has 2 heterocycles. The fraction of sp³-hybridized carbons (Fsp3) is 0.333. The minimum Gasteiger partial charge on any atom is -0.467 e. The van der Waals surface area contributed by atoms with Gasteiger partial charge in [-0.15, -0.1) is 11.3 Å². The summed E-state index contributed by atoms with van der Waals surface area (Å²) >= 11 is 1.53. The van der Waals surface area contributed by atoms with Crippen LogP contribution in [0.15, 0.2) is 28.9 Å². The lowest BCUT2D eigenvalue weighted by Crippen LogP contribution is -2.31. The van der Waals surface area contributed by atoms with Gasteiger partial charge in [-0.3, -0.25) is 4.79 Å². The van der Waals surface area contributed by atoms with Crippen molar-refractivity contribution < 1.29 is 18.7 Å². The summed E-state index contributed by atoms with van der Waals surface area (Å²) in [6.45, 7) is 5.27. The average molecular weight is 307 g/mol. The number of esters is 1. The number of nitrogens with one attached hydrogen (secondary N) is 1. The van der Waals surface area contributed by atoms with Crippen molar-refractivity contribution in [3.8, 4) is 0 Å². The Bertz CT molecular complexity index is 630. The summed E-state index contributed by atoms with van der Waals surface area (Å²) in [6, 6.07) is 5.02. The second-order valence-electron chi connectivity index (χ2n) is 4.71. The zero-order valence-electron chi connectivity index (χ0n) is 12.1. The van der Waals surface area contributed by atoms with E-state index in [1.165, 1.54) is 11.3 Å². The molecule has 2 rings (SSSR count). The van der Waals surface area contributed by atoms with Gasteiger partial charge in [0.15, 0.2) is 6.61 Å². The normalized spacial score (nSPS) is 12.0. The van der Waals surface area contributed by atoms with Crippen LogP contribution < -0.4 is 5.32 Å². The van der Waals surface area contributed by atoms with Crippen molar-refractivity contribution in [3.05, 3.63) is 45.5 Å². The standard InChI is InChI=1S/C15H17NO4S/c1-9-7-12(11(3)21-9)15(18)20-8-14(17)16-10(2)13-5-4-6-19-13/h4-7,10H,8H2,1-3H3,(H,16,17)/t10-/m0/s1. The van der Waals surface area contributed by atoms with Gasteiger partial charge in [0.2, 0.25) is 0 Å². The molecule has 0 aromatic carbocycles. The third kappa shape index (κ3) is 3.95. The first-order valence-corrected chi connectivity index (χ1v) is 7.36. The maximum Gasteiger partial charge on any atom is 0.339 e. The fourth-order valence-corrected chi connectivity index (χ4v) is 2.85. The highest BCUT2D eigenvalue weighted by atomic mass is 32.1. The first-order valence-electron chi connectivity index (χ1n) is 6.54. The van der Waals surface area contributed by atoms with Crippen molar-refractivity contribution >= 4 is 23.2 Å². The molecule has 6 heteroatoms. The van der Waals surface area contributed by atoms with Gasteiger partial charge in [-0.1, -0.05) is 0 Å². The molecule has 0 saturated carbocycles. The van der Waals surface area contributed by atoms with Crippen molar-refractivity contribution in [2.75, 3.05) is 6.61 Å². The molecule has 0 fully saturated rings. The number of carbonyl (C=O) groups excluding carboxylic acids is 2. The summed E-state index contributed by atoms with van der Waals surface area (Å²) in [6.07, 6.45) is 1.54. The molecule has 0 unspecified atom stereocenters. The zero-order chi connectivity index (χ0) is 15.4. The smallest absolute Gasteiger partial charge is 0.339 e. The van der Waals surface area contributed by atoms with E-state index in [0.29, 0.717) is 11.3 Å². The highest BCUT2D eigenvalue weighted by Gasteiger charge is 2.16. The number of furan rings is 1. The van der Waals surface area contributed by atoms with Crippen molar-refractivity contribution in [1.82, 2.24) is 5.32 Å². The number of aryl methyl sites for hydroxylation is 2. The van der Waals surface area contributed by atoms with Crippen LogP contribution in [0.1, 0.15) is 38.8 Å². The van der Waals surface area contributed by atoms with Crippen LogP contribution in [0, 0.1) is 13.8 Å². The highest BCUT2D eigenvalue weighted by molar-refractivity contribution is 7.12. The Kier molecular flexibility index (Phi) is 4.80. The first kappa shape index (κ1) is 15.3. The number of amides is 1. The predicted octanol–water partition coefficient (Wildman–Crippen LogP) is 2.99. The molecule has 1 amide bonds. The van der Waals surface area contributed by atoms with Crippen molar-refractivity contribution in [2.24, 2.45) is 0 Å². The van der Waals surface area contributed by atoms with Gasteiger partial charge in [0, 0.05) is 9.75 Å². The van der Waals surface area contributed by atoms with Crippen LogP contribution in [0.25, 0.3) is 0 Å². The molecule has 2 aromatic heterocycles. The molecule has 0 spiro atoms. The number of ether oxygens (including phenoxy) is 1. The molecule has 5 nitrogen and oxygen atoms in total. The molecular formula is C15H17NO4S. The molecular weight excluding hydrogens is 290 g/mol. The van der Waals surface area contributed by atoms with E-state index in [-0.39, 0.29) is 18.6 Å². The summed E-state index contributed by atoms with van der Waals surface area (Å²) in [5.41, 5.74) is 0.518. The van der Waals surface area contributed by atoms with Crippen LogP contribution in [0.5, 0.6) is 0 Å². The third-order valence-electron chi connectivity index (χ3n) is 2.94. The summed E-state index contributed by atoms with van der Waals surface area (Å²) < 4.78 is 10.2. The molecule has 0 bridgehead atoms. The van der Waals surface area contributed by atoms with E-state index >= 15 is 0 Å². The summed E-state index contributed by atoms with van der Waals surface area (Å²) in [4.78, 5) is 25.6. The van der Waals surface area contributed by atoms with Gasteiger partial charge in [-0.25, -0.2) is 4.79 Å². The maximum atomic E-state index is 11.9. The number of hydrogen-bond acceptors (Lipinski definition) is 5. The van der Waals surface area contributed by atoms with Crippen molar-refractivity contribution in [3.63, 3.8) is 0 Å². The zero-order valence-corrected chi connectivity index (χ0v) is 13.0. The first-order chi connectivity index (χ1) is 9.97. The summed E-state index contributed by atoms with van der Waals surface area (Å²) in [5, 5.41) is 2.70. The molecule has 1 N–H and O–H groups in total. The number of carbonyl (C=O) groups is 2. The minimum absolute atomic E-state index is 0.267. The lowest BCUT2D eigenvalue weighted by Gasteiger charge is -2.11. The van der Waals surface area contributed by atoms with Gasteiger partial charge in [-0.05, 0) is 39.0 Å². The Labute approximate surface area is 126 Å². The second-order valence-corrected chi connectivity index (χ2v) is 6.17. The van der Waals surface area contributed by atoms with Crippen LogP contribution in [-0.4, -0.2) is 18.5 Å². The van der Waals surface area contributed by atoms with E-state index in [2.05, 4.69) is 5.32 Å². The summed E-state index contributed by atoms with van der Waals surface area (Å²) in [5.74, 6) is -0.187. The highest BCUT2D eigenvalue weighted by Crippen LogP contribution is 2.21. The second kappa shape index (κ2) is 6.58. The molecule has 0 saturated heterocycles. The Morgan fingerprint density at radius 3 is 2.76 bits per heavy atom. The lowest BCUT2D eigenvalue weighted by molar-refractivity contribution is -0.125. The maximum absolute atomic E-state index is 11.9. The molecule has 0 aliphatic carbocycles. The van der Waals surface area contributed by atoms with Crippen molar-refractivity contribution in [2.45, 2.75) is 26.8 Å². The Balaban J connectivity index is 1.84. The number of hydrogen-bond donors (Lipinski definition) is 1. The van der Waals surface area contributed by atoms with Gasteiger partial charge in [0.25, 0.3) is 5.91 Å². The third-order valence-corrected chi connectivity index (χ3v) is 3.91. The SMILES string of the molecule is Cc1cc(C(=O)OCC(=O)N[C@@H](C)c2ccco2)c(C)s1. The van der Waals surface area contributed by atoms with E-state index in [1.807, 2.05) is 13.8 Å². The van der Waals surface area contributed by atoms with Crippen LogP contribution >= 0.6 is 11.3 Å². The Hall–Kier alpha value is -2.08. The van der Waals surface area contributed by atoms with E-state index < -0.39 is 5.97 Å². The van der Waals surface area contributed by atoms with E-state index in [4.69, 9.17) is 9.15 Å². The van der Waals surface area contributed by atoms with E-state index in [0.717, 1.165) is 9.75 Å². The Morgan fingerprint density at radius 2 is 2.19 bits per heavy atom. The minimum atomic E-state index is -0.474. The van der Waals surface area contributed by atoms with E-state index in [1.54, 1.807) is 31.4 Å². The van der Waals surface area contributed by atoms with Gasteiger partial charge in [0.1, 0.15) is 5.76 Å². The number of thiophene rings is 1. The predicted molar refractivity (Wildman–Crippen MR) is 79.3 cm³/mol. The average Bonchev–Trinajstić information content (AvgIpc) is 3.05. The largest absolute Gasteiger partial charge is 0.467 e. The van der Waals surface area contributed by atoms with E-state index in [9.17, 15) is 9.59 Å². The molecule has 0 radical (unpaired) electrons. The van der Waals surface area contributed by atoms with Crippen LogP contribution in [0.4, 0.5) is 0 Å². The Morgan fingerprint density at radius 1 is 1.43 bits per heavy atom. The van der Waals surface area contributed by atoms with Crippen LogP contribution in [0.3, 0.4) is 0 Å². The number of rotatable bonds is 5. The lowest BCUT2D eigenvalue weighted by atomic mass is 10.2.